The molecule has 1 heterocycles. The summed E-state index contributed by atoms with van der Waals surface area (Å²) < 4.78 is 0. The predicted molar refractivity (Wildman–Crippen MR) is 70.6 cm³/mol. The van der Waals surface area contributed by atoms with Crippen LogP contribution in [0.15, 0.2) is 24.3 Å². The minimum Gasteiger partial charge on any atom is -0.397 e. The summed E-state index contributed by atoms with van der Waals surface area (Å²) in [4.78, 5) is 2.42. The summed E-state index contributed by atoms with van der Waals surface area (Å²) in [6.07, 6.45) is 2.60. The molecule has 1 aliphatic heterocycles. The quantitative estimate of drug-likeness (QED) is 0.773. The highest BCUT2D eigenvalue weighted by Gasteiger charge is 2.22. The van der Waals surface area contributed by atoms with Gasteiger partial charge in [-0.2, -0.15) is 0 Å². The first kappa shape index (κ1) is 11.3. The van der Waals surface area contributed by atoms with E-state index in [9.17, 15) is 0 Å². The molecule has 0 aliphatic carbocycles. The summed E-state index contributed by atoms with van der Waals surface area (Å²) in [5.74, 6) is 1.71. The molecule has 2 heteroatoms. The van der Waals surface area contributed by atoms with Crippen molar-refractivity contribution in [1.82, 2.24) is 0 Å². The van der Waals surface area contributed by atoms with Gasteiger partial charge in [0.1, 0.15) is 0 Å². The Balaban J connectivity index is 2.02. The number of rotatable bonds is 2. The molecule has 0 amide bonds. The molecule has 1 aliphatic rings. The molecule has 0 spiro atoms. The lowest BCUT2D eigenvalue weighted by Crippen LogP contribution is -2.35. The monoisotopic (exact) mass is 218 g/mol. The van der Waals surface area contributed by atoms with Gasteiger partial charge in [-0.1, -0.05) is 26.0 Å². The third-order valence-electron chi connectivity index (χ3n) is 3.76. The predicted octanol–water partition coefficient (Wildman–Crippen LogP) is 3.14. The topological polar surface area (TPSA) is 29.3 Å². The minimum atomic E-state index is 0.815. The molecule has 88 valence electrons. The van der Waals surface area contributed by atoms with Gasteiger partial charge in [0.25, 0.3) is 0 Å². The molecule has 1 aromatic carbocycles. The number of nitrogen functional groups attached to an aromatic ring is 1. The summed E-state index contributed by atoms with van der Waals surface area (Å²) in [6.45, 7) is 6.96. The second-order valence-electron chi connectivity index (χ2n) is 5.13. The third-order valence-corrected chi connectivity index (χ3v) is 3.76. The molecule has 0 atom stereocenters. The highest BCUT2D eigenvalue weighted by atomic mass is 15.1. The molecular weight excluding hydrogens is 196 g/mol. The van der Waals surface area contributed by atoms with E-state index in [4.69, 9.17) is 5.73 Å². The molecule has 16 heavy (non-hydrogen) atoms. The third kappa shape index (κ3) is 2.31. The van der Waals surface area contributed by atoms with Gasteiger partial charge in [-0.3, -0.25) is 0 Å². The fraction of sp³-hybridized carbons (Fsp3) is 0.571. The Morgan fingerprint density at radius 2 is 1.81 bits per heavy atom. The van der Waals surface area contributed by atoms with Crippen molar-refractivity contribution in [2.24, 2.45) is 11.8 Å². The molecule has 2 rings (SSSR count). The number of benzene rings is 1. The molecule has 0 saturated carbocycles. The van der Waals surface area contributed by atoms with E-state index in [1.165, 1.54) is 18.5 Å². The van der Waals surface area contributed by atoms with Crippen LogP contribution in [0.2, 0.25) is 0 Å². The first-order chi connectivity index (χ1) is 7.68. The maximum atomic E-state index is 6.00. The molecule has 1 saturated heterocycles. The Hall–Kier alpha value is -1.18. The van der Waals surface area contributed by atoms with Crippen molar-refractivity contribution < 1.29 is 0 Å². The van der Waals surface area contributed by atoms with E-state index >= 15 is 0 Å². The Morgan fingerprint density at radius 1 is 1.19 bits per heavy atom. The van der Waals surface area contributed by atoms with Crippen LogP contribution in [0.4, 0.5) is 11.4 Å². The molecule has 1 aromatic rings. The van der Waals surface area contributed by atoms with Crippen LogP contribution in [-0.2, 0) is 0 Å². The van der Waals surface area contributed by atoms with Crippen LogP contribution in [-0.4, -0.2) is 13.1 Å². The maximum Gasteiger partial charge on any atom is 0.0599 e. The number of piperidine rings is 1. The Morgan fingerprint density at radius 3 is 2.38 bits per heavy atom. The van der Waals surface area contributed by atoms with Crippen LogP contribution in [0.1, 0.15) is 26.7 Å². The molecule has 2 N–H and O–H groups in total. The van der Waals surface area contributed by atoms with Crippen molar-refractivity contribution in [3.63, 3.8) is 0 Å². The average Bonchev–Trinajstić information content (AvgIpc) is 2.30. The lowest BCUT2D eigenvalue weighted by molar-refractivity contribution is 0.311. The van der Waals surface area contributed by atoms with Crippen molar-refractivity contribution in [1.29, 1.82) is 0 Å². The molecule has 0 radical (unpaired) electrons. The van der Waals surface area contributed by atoms with Gasteiger partial charge in [0, 0.05) is 13.1 Å². The van der Waals surface area contributed by atoms with E-state index in [2.05, 4.69) is 30.9 Å². The number of para-hydroxylation sites is 2. The van der Waals surface area contributed by atoms with Gasteiger partial charge in [0.15, 0.2) is 0 Å². The normalized spacial score (nSPS) is 18.1. The van der Waals surface area contributed by atoms with Crippen LogP contribution < -0.4 is 10.6 Å². The van der Waals surface area contributed by atoms with Crippen LogP contribution >= 0.6 is 0 Å². The molecule has 0 bridgehead atoms. The van der Waals surface area contributed by atoms with Crippen LogP contribution in [0.25, 0.3) is 0 Å². The Bertz CT molecular complexity index is 338. The van der Waals surface area contributed by atoms with Gasteiger partial charge in [-0.05, 0) is 36.8 Å². The second-order valence-corrected chi connectivity index (χ2v) is 5.13. The summed E-state index contributed by atoms with van der Waals surface area (Å²) in [5.41, 5.74) is 8.12. The standard InChI is InChI=1S/C14H22N2/c1-11(2)12-7-9-16(10-8-12)14-6-4-3-5-13(14)15/h3-6,11-12H,7-10,15H2,1-2H3. The van der Waals surface area contributed by atoms with E-state index in [-0.39, 0.29) is 0 Å². The number of nitrogens with zero attached hydrogens (tertiary/aromatic N) is 1. The van der Waals surface area contributed by atoms with Crippen LogP contribution in [0.5, 0.6) is 0 Å². The Kier molecular flexibility index (Phi) is 3.37. The number of anilines is 2. The molecule has 2 nitrogen and oxygen atoms in total. The van der Waals surface area contributed by atoms with Gasteiger partial charge in [0.2, 0.25) is 0 Å². The van der Waals surface area contributed by atoms with Crippen molar-refractivity contribution in [3.05, 3.63) is 24.3 Å². The number of hydrogen-bond acceptors (Lipinski definition) is 2. The first-order valence-electron chi connectivity index (χ1n) is 6.28. The van der Waals surface area contributed by atoms with E-state index in [1.54, 1.807) is 0 Å². The molecular formula is C14H22N2. The molecule has 0 unspecified atom stereocenters. The van der Waals surface area contributed by atoms with Gasteiger partial charge < -0.3 is 10.6 Å². The van der Waals surface area contributed by atoms with Crippen molar-refractivity contribution >= 4 is 11.4 Å². The van der Waals surface area contributed by atoms with E-state index < -0.39 is 0 Å². The largest absolute Gasteiger partial charge is 0.397 e. The summed E-state index contributed by atoms with van der Waals surface area (Å²) >= 11 is 0. The fourth-order valence-corrected chi connectivity index (χ4v) is 2.58. The van der Waals surface area contributed by atoms with Crippen molar-refractivity contribution in [2.45, 2.75) is 26.7 Å². The van der Waals surface area contributed by atoms with Gasteiger partial charge in [-0.15, -0.1) is 0 Å². The lowest BCUT2D eigenvalue weighted by atomic mass is 9.86. The van der Waals surface area contributed by atoms with Crippen molar-refractivity contribution in [3.8, 4) is 0 Å². The van der Waals surface area contributed by atoms with E-state index in [0.29, 0.717) is 0 Å². The number of nitrogens with two attached hydrogens (primary N) is 1. The summed E-state index contributed by atoms with van der Waals surface area (Å²) in [6, 6.07) is 8.19. The Labute approximate surface area is 98.4 Å². The highest BCUT2D eigenvalue weighted by molar-refractivity contribution is 5.67. The SMILES string of the molecule is CC(C)C1CCN(c2ccccc2N)CC1. The zero-order valence-electron chi connectivity index (χ0n) is 10.3. The maximum absolute atomic E-state index is 6.00. The highest BCUT2D eigenvalue weighted by Crippen LogP contribution is 2.30. The lowest BCUT2D eigenvalue weighted by Gasteiger charge is -2.35. The van der Waals surface area contributed by atoms with Crippen LogP contribution in [0, 0.1) is 11.8 Å². The average molecular weight is 218 g/mol. The minimum absolute atomic E-state index is 0.815. The summed E-state index contributed by atoms with van der Waals surface area (Å²) in [5, 5.41) is 0. The zero-order valence-corrected chi connectivity index (χ0v) is 10.3. The molecule has 0 aromatic heterocycles. The molecule has 1 fully saturated rings. The number of hydrogen-bond donors (Lipinski definition) is 1. The fourth-order valence-electron chi connectivity index (χ4n) is 2.58. The van der Waals surface area contributed by atoms with Gasteiger partial charge in [0.05, 0.1) is 11.4 Å². The smallest absolute Gasteiger partial charge is 0.0599 e. The van der Waals surface area contributed by atoms with Crippen LogP contribution in [0.3, 0.4) is 0 Å². The first-order valence-corrected chi connectivity index (χ1v) is 6.28. The zero-order chi connectivity index (χ0) is 11.5. The summed E-state index contributed by atoms with van der Waals surface area (Å²) in [7, 11) is 0. The van der Waals surface area contributed by atoms with Gasteiger partial charge in [-0.25, -0.2) is 0 Å². The van der Waals surface area contributed by atoms with Gasteiger partial charge >= 0.3 is 0 Å². The van der Waals surface area contributed by atoms with E-state index in [1.807, 2.05) is 12.1 Å². The van der Waals surface area contributed by atoms with Crippen molar-refractivity contribution in [2.75, 3.05) is 23.7 Å². The van der Waals surface area contributed by atoms with E-state index in [0.717, 1.165) is 30.6 Å². The second kappa shape index (κ2) is 4.77.